The number of ether oxygens (including phenoxy) is 1. The zero-order chi connectivity index (χ0) is 24.2. The van der Waals surface area contributed by atoms with Crippen LogP contribution >= 0.6 is 0 Å². The highest BCUT2D eigenvalue weighted by Crippen LogP contribution is 2.39. The summed E-state index contributed by atoms with van der Waals surface area (Å²) >= 11 is 0. The molecular formula is C23H26F3N5O2. The number of amides is 1. The molecule has 1 heterocycles. The summed E-state index contributed by atoms with van der Waals surface area (Å²) in [7, 11) is 1.47. The second-order valence-corrected chi connectivity index (χ2v) is 7.37. The molecule has 0 fully saturated rings. The van der Waals surface area contributed by atoms with E-state index in [1.165, 1.54) is 13.1 Å². The second-order valence-electron chi connectivity index (χ2n) is 7.37. The van der Waals surface area contributed by atoms with Crippen LogP contribution in [-0.4, -0.2) is 41.9 Å². The lowest BCUT2D eigenvalue weighted by molar-refractivity contribution is -0.136. The summed E-state index contributed by atoms with van der Waals surface area (Å²) in [5.74, 6) is -0.550. The molecule has 0 spiro atoms. The van der Waals surface area contributed by atoms with Crippen LogP contribution in [0, 0.1) is 0 Å². The van der Waals surface area contributed by atoms with Crippen molar-refractivity contribution in [3.63, 3.8) is 0 Å². The van der Waals surface area contributed by atoms with Gasteiger partial charge in [0.25, 0.3) is 5.91 Å². The average Bonchev–Trinajstić information content (AvgIpc) is 3.21. The Morgan fingerprint density at radius 3 is 2.36 bits per heavy atom. The van der Waals surface area contributed by atoms with Crippen molar-refractivity contribution in [2.75, 3.05) is 20.1 Å². The molecule has 0 unspecified atom stereocenters. The molecule has 1 amide bonds. The number of aromatic amines is 1. The van der Waals surface area contributed by atoms with E-state index >= 15 is 0 Å². The number of fused-ring (bicyclic) bond motifs is 1. The van der Waals surface area contributed by atoms with Gasteiger partial charge in [0.15, 0.2) is 5.96 Å². The largest absolute Gasteiger partial charge is 0.457 e. The van der Waals surface area contributed by atoms with Crippen molar-refractivity contribution in [2.24, 2.45) is 10.7 Å². The van der Waals surface area contributed by atoms with Gasteiger partial charge in [-0.25, -0.2) is 0 Å². The van der Waals surface area contributed by atoms with E-state index in [2.05, 4.69) is 34.0 Å². The van der Waals surface area contributed by atoms with Crippen LogP contribution in [0.4, 0.5) is 13.2 Å². The number of aliphatic imine (C=N–C) groups is 1. The number of benzene rings is 2. The van der Waals surface area contributed by atoms with E-state index in [1.807, 2.05) is 12.1 Å². The number of H-pyrrole nitrogens is 1. The van der Waals surface area contributed by atoms with Gasteiger partial charge in [0.05, 0.1) is 11.1 Å². The zero-order valence-electron chi connectivity index (χ0n) is 18.6. The lowest BCUT2D eigenvalue weighted by Gasteiger charge is -2.18. The van der Waals surface area contributed by atoms with Gasteiger partial charge in [-0.05, 0) is 42.9 Å². The zero-order valence-corrected chi connectivity index (χ0v) is 18.6. The number of alkyl halides is 3. The molecule has 4 N–H and O–H groups in total. The molecule has 0 aliphatic heterocycles. The van der Waals surface area contributed by atoms with Gasteiger partial charge in [-0.15, -0.1) is 0 Å². The Morgan fingerprint density at radius 1 is 1.12 bits per heavy atom. The molecule has 0 saturated heterocycles. The first-order valence-electron chi connectivity index (χ1n) is 10.4. The number of nitrogens with one attached hydrogen (secondary N) is 2. The molecule has 2 aromatic carbocycles. The van der Waals surface area contributed by atoms with Gasteiger partial charge in [-0.1, -0.05) is 26.0 Å². The number of nitrogens with zero attached hydrogens (tertiary/aromatic N) is 2. The van der Waals surface area contributed by atoms with Crippen LogP contribution in [-0.2, 0) is 12.7 Å². The SMILES string of the molecule is CCN(CC)Cc1ccc(Oc2cc(C(F)(F)F)c3cc(C(=O)N=C(N)NC)[nH]c3c2)cc1. The molecule has 33 heavy (non-hydrogen) atoms. The fourth-order valence-electron chi connectivity index (χ4n) is 3.35. The van der Waals surface area contributed by atoms with E-state index in [-0.39, 0.29) is 28.3 Å². The number of nitrogens with two attached hydrogens (primary N) is 1. The number of carbonyl (C=O) groups excluding carboxylic acids is 1. The monoisotopic (exact) mass is 461 g/mol. The van der Waals surface area contributed by atoms with Crippen molar-refractivity contribution in [1.82, 2.24) is 15.2 Å². The molecule has 3 rings (SSSR count). The summed E-state index contributed by atoms with van der Waals surface area (Å²) < 4.78 is 46.9. The molecule has 0 aliphatic rings. The third-order valence-corrected chi connectivity index (χ3v) is 5.19. The van der Waals surface area contributed by atoms with Crippen molar-refractivity contribution in [3.8, 4) is 11.5 Å². The van der Waals surface area contributed by atoms with Gasteiger partial charge in [0.1, 0.15) is 17.2 Å². The Balaban J connectivity index is 1.93. The molecular weight excluding hydrogens is 435 g/mol. The third-order valence-electron chi connectivity index (χ3n) is 5.19. The van der Waals surface area contributed by atoms with Gasteiger partial charge >= 0.3 is 6.18 Å². The first-order valence-corrected chi connectivity index (χ1v) is 10.4. The van der Waals surface area contributed by atoms with Crippen LogP contribution in [0.2, 0.25) is 0 Å². The van der Waals surface area contributed by atoms with Crippen LogP contribution in [0.5, 0.6) is 11.5 Å². The fourth-order valence-corrected chi connectivity index (χ4v) is 3.35. The minimum Gasteiger partial charge on any atom is -0.457 e. The number of guanidine groups is 1. The third kappa shape index (κ3) is 5.83. The van der Waals surface area contributed by atoms with Gasteiger partial charge in [0.2, 0.25) is 0 Å². The summed E-state index contributed by atoms with van der Waals surface area (Å²) in [6, 6.07) is 10.6. The highest BCUT2D eigenvalue weighted by atomic mass is 19.4. The molecule has 0 radical (unpaired) electrons. The highest BCUT2D eigenvalue weighted by Gasteiger charge is 2.34. The summed E-state index contributed by atoms with van der Waals surface area (Å²) in [4.78, 5) is 20.7. The molecule has 176 valence electrons. The smallest absolute Gasteiger partial charge is 0.417 e. The summed E-state index contributed by atoms with van der Waals surface area (Å²) in [6.07, 6.45) is -4.65. The molecule has 10 heteroatoms. The van der Waals surface area contributed by atoms with Gasteiger partial charge in [-0.3, -0.25) is 9.69 Å². The molecule has 0 bridgehead atoms. The maximum atomic E-state index is 13.7. The number of carbonyl (C=O) groups is 1. The molecule has 0 atom stereocenters. The number of hydrogen-bond donors (Lipinski definition) is 3. The number of hydrogen-bond acceptors (Lipinski definition) is 3. The Labute approximate surface area is 189 Å². The van der Waals surface area contributed by atoms with Crippen LogP contribution in [0.3, 0.4) is 0 Å². The minimum atomic E-state index is -4.65. The first-order chi connectivity index (χ1) is 15.6. The maximum absolute atomic E-state index is 13.7. The topological polar surface area (TPSA) is 95.7 Å². The van der Waals surface area contributed by atoms with Crippen molar-refractivity contribution in [1.29, 1.82) is 0 Å². The fraction of sp³-hybridized carbons (Fsp3) is 0.304. The van der Waals surface area contributed by atoms with Gasteiger partial charge in [-0.2, -0.15) is 18.2 Å². The average molecular weight is 461 g/mol. The van der Waals surface area contributed by atoms with Gasteiger partial charge < -0.3 is 20.8 Å². The van der Waals surface area contributed by atoms with Crippen LogP contribution in [0.25, 0.3) is 10.9 Å². The van der Waals surface area contributed by atoms with E-state index in [4.69, 9.17) is 10.5 Å². The van der Waals surface area contributed by atoms with Crippen LogP contribution in [0.1, 0.15) is 35.5 Å². The van der Waals surface area contributed by atoms with E-state index in [1.54, 1.807) is 12.1 Å². The summed E-state index contributed by atoms with van der Waals surface area (Å²) in [5.41, 5.74) is 5.60. The summed E-state index contributed by atoms with van der Waals surface area (Å²) in [5, 5.41) is 2.32. The molecule has 0 aliphatic carbocycles. The summed E-state index contributed by atoms with van der Waals surface area (Å²) in [6.45, 7) is 6.77. The van der Waals surface area contributed by atoms with Crippen molar-refractivity contribution < 1.29 is 22.7 Å². The van der Waals surface area contributed by atoms with Crippen molar-refractivity contribution >= 4 is 22.8 Å². The van der Waals surface area contributed by atoms with Crippen LogP contribution < -0.4 is 15.8 Å². The van der Waals surface area contributed by atoms with Crippen molar-refractivity contribution in [3.05, 3.63) is 59.3 Å². The lowest BCUT2D eigenvalue weighted by Crippen LogP contribution is -2.28. The standard InChI is InChI=1S/C23H26F3N5O2/c1-4-31(5-2)13-14-6-8-15(9-7-14)33-16-10-18(23(24,25)26)17-12-20(29-19(17)11-16)21(32)30-22(27)28-3/h6-12,29H,4-5,13H2,1-3H3,(H3,27,28,30,32). The number of halogens is 3. The molecule has 3 aromatic rings. The van der Waals surface area contributed by atoms with Crippen molar-refractivity contribution in [2.45, 2.75) is 26.6 Å². The first kappa shape index (κ1) is 24.1. The van der Waals surface area contributed by atoms with E-state index < -0.39 is 17.6 Å². The van der Waals surface area contributed by atoms with Crippen LogP contribution in [0.15, 0.2) is 47.5 Å². The highest BCUT2D eigenvalue weighted by molar-refractivity contribution is 6.04. The molecule has 0 saturated carbocycles. The normalized spacial score (nSPS) is 12.4. The predicted molar refractivity (Wildman–Crippen MR) is 121 cm³/mol. The quantitative estimate of drug-likeness (QED) is 0.356. The Morgan fingerprint density at radius 2 is 1.79 bits per heavy atom. The Bertz CT molecular complexity index is 1150. The lowest BCUT2D eigenvalue weighted by atomic mass is 10.1. The number of aromatic nitrogens is 1. The Kier molecular flexibility index (Phi) is 7.27. The predicted octanol–water partition coefficient (Wildman–Crippen LogP) is 4.50. The minimum absolute atomic E-state index is 0.00888. The molecule has 1 aromatic heterocycles. The number of rotatable bonds is 7. The van der Waals surface area contributed by atoms with E-state index in [0.717, 1.165) is 37.3 Å². The van der Waals surface area contributed by atoms with Gasteiger partial charge in [0, 0.05) is 25.0 Å². The second kappa shape index (κ2) is 9.95. The Hall–Kier alpha value is -3.53. The molecule has 7 nitrogen and oxygen atoms in total. The van der Waals surface area contributed by atoms with E-state index in [9.17, 15) is 18.0 Å². The maximum Gasteiger partial charge on any atom is 0.417 e. The van der Waals surface area contributed by atoms with E-state index in [0.29, 0.717) is 5.75 Å².